The average molecular weight is 414 g/mol. The standard InChI is InChI=1S/C24H18N2O3S/c27-22(15-30-24-25-18-11-5-7-13-20(18)29-24)26-23(16-8-2-1-3-9-16)21-14-17-10-4-6-12-19(17)28-21/h1-14,23H,15H2,(H,26,27)/t23-/m0/s1. The number of benzene rings is 3. The Morgan fingerprint density at radius 1 is 0.900 bits per heavy atom. The molecule has 0 aliphatic carbocycles. The van der Waals surface area contributed by atoms with Crippen LogP contribution in [0, 0.1) is 0 Å². The van der Waals surface area contributed by atoms with Crippen LogP contribution >= 0.6 is 11.8 Å². The van der Waals surface area contributed by atoms with Crippen LogP contribution < -0.4 is 5.32 Å². The smallest absolute Gasteiger partial charge is 0.257 e. The second kappa shape index (κ2) is 8.08. The summed E-state index contributed by atoms with van der Waals surface area (Å²) in [7, 11) is 0. The molecular formula is C24H18N2O3S. The van der Waals surface area contributed by atoms with Crippen molar-refractivity contribution in [3.8, 4) is 0 Å². The SMILES string of the molecule is O=C(CSc1nc2ccccc2o1)N[C@@H](c1ccccc1)c1cc2ccccc2o1. The van der Waals surface area contributed by atoms with E-state index in [0.717, 1.165) is 22.0 Å². The number of carbonyl (C=O) groups is 1. The lowest BCUT2D eigenvalue weighted by molar-refractivity contribution is -0.119. The Labute approximate surface area is 177 Å². The van der Waals surface area contributed by atoms with E-state index < -0.39 is 0 Å². The lowest BCUT2D eigenvalue weighted by Gasteiger charge is -2.17. The second-order valence-corrected chi connectivity index (χ2v) is 7.76. The maximum absolute atomic E-state index is 12.8. The fourth-order valence-corrected chi connectivity index (χ4v) is 4.00. The molecule has 5 aromatic rings. The first-order chi connectivity index (χ1) is 14.8. The third-order valence-corrected chi connectivity index (χ3v) is 5.60. The van der Waals surface area contributed by atoms with Crippen LogP contribution in [0.15, 0.2) is 99.0 Å². The minimum atomic E-state index is -0.379. The topological polar surface area (TPSA) is 68.3 Å². The van der Waals surface area contributed by atoms with E-state index in [-0.39, 0.29) is 17.7 Å². The summed E-state index contributed by atoms with van der Waals surface area (Å²) in [6.45, 7) is 0. The van der Waals surface area contributed by atoms with Gasteiger partial charge in [-0.1, -0.05) is 72.4 Å². The Morgan fingerprint density at radius 3 is 2.43 bits per heavy atom. The zero-order valence-corrected chi connectivity index (χ0v) is 16.8. The molecule has 30 heavy (non-hydrogen) atoms. The minimum Gasteiger partial charge on any atom is -0.459 e. The number of carbonyl (C=O) groups excluding carboxylic acids is 1. The number of furan rings is 1. The van der Waals surface area contributed by atoms with Crippen molar-refractivity contribution in [2.75, 3.05) is 5.75 Å². The van der Waals surface area contributed by atoms with Gasteiger partial charge in [0.2, 0.25) is 5.91 Å². The molecule has 0 saturated heterocycles. The van der Waals surface area contributed by atoms with Crippen LogP contribution in [0.2, 0.25) is 0 Å². The molecule has 0 spiro atoms. The maximum atomic E-state index is 12.8. The van der Waals surface area contributed by atoms with Gasteiger partial charge in [0.05, 0.1) is 5.75 Å². The molecule has 148 valence electrons. The van der Waals surface area contributed by atoms with E-state index in [1.54, 1.807) is 0 Å². The van der Waals surface area contributed by atoms with Crippen LogP contribution in [-0.2, 0) is 4.79 Å². The first kappa shape index (κ1) is 18.5. The molecule has 0 aliphatic rings. The number of nitrogens with one attached hydrogen (secondary N) is 1. The fourth-order valence-electron chi connectivity index (χ4n) is 3.35. The Hall–Kier alpha value is -3.51. The van der Waals surface area contributed by atoms with Gasteiger partial charge in [-0.05, 0) is 29.8 Å². The molecule has 0 aliphatic heterocycles. The number of para-hydroxylation sites is 3. The molecule has 0 unspecified atom stereocenters. The summed E-state index contributed by atoms with van der Waals surface area (Å²) in [5, 5.41) is 4.57. The van der Waals surface area contributed by atoms with E-state index in [4.69, 9.17) is 8.83 Å². The summed E-state index contributed by atoms with van der Waals surface area (Å²) in [6.07, 6.45) is 0. The molecule has 1 amide bonds. The zero-order valence-electron chi connectivity index (χ0n) is 15.9. The normalized spacial score (nSPS) is 12.3. The molecule has 6 heteroatoms. The largest absolute Gasteiger partial charge is 0.459 e. The lowest BCUT2D eigenvalue weighted by Crippen LogP contribution is -2.30. The number of rotatable bonds is 6. The maximum Gasteiger partial charge on any atom is 0.257 e. The Kier molecular flexibility index (Phi) is 4.99. The van der Waals surface area contributed by atoms with Gasteiger partial charge in [0.15, 0.2) is 5.58 Å². The number of fused-ring (bicyclic) bond motifs is 2. The number of aromatic nitrogens is 1. The van der Waals surface area contributed by atoms with Crippen molar-refractivity contribution in [2.24, 2.45) is 0 Å². The van der Waals surface area contributed by atoms with Crippen molar-refractivity contribution in [1.82, 2.24) is 10.3 Å². The Balaban J connectivity index is 1.35. The number of amides is 1. The molecule has 0 fully saturated rings. The summed E-state index contributed by atoms with van der Waals surface area (Å²) >= 11 is 1.27. The second-order valence-electron chi connectivity index (χ2n) is 6.83. The summed E-state index contributed by atoms with van der Waals surface area (Å²) in [5.74, 6) is 0.760. The number of hydrogen-bond donors (Lipinski definition) is 1. The zero-order chi connectivity index (χ0) is 20.3. The third-order valence-electron chi connectivity index (χ3n) is 4.77. The minimum absolute atomic E-state index is 0.128. The molecule has 0 bridgehead atoms. The molecule has 0 radical (unpaired) electrons. The van der Waals surface area contributed by atoms with Gasteiger partial charge in [0, 0.05) is 5.39 Å². The van der Waals surface area contributed by atoms with Crippen molar-refractivity contribution in [3.05, 3.63) is 96.3 Å². The highest BCUT2D eigenvalue weighted by Gasteiger charge is 2.21. The van der Waals surface area contributed by atoms with Crippen molar-refractivity contribution < 1.29 is 13.6 Å². The monoisotopic (exact) mass is 414 g/mol. The fraction of sp³-hybridized carbons (Fsp3) is 0.0833. The van der Waals surface area contributed by atoms with Crippen molar-refractivity contribution >= 4 is 39.7 Å². The predicted molar refractivity (Wildman–Crippen MR) is 117 cm³/mol. The van der Waals surface area contributed by atoms with Gasteiger partial charge in [-0.3, -0.25) is 4.79 Å². The van der Waals surface area contributed by atoms with Crippen molar-refractivity contribution in [1.29, 1.82) is 0 Å². The van der Waals surface area contributed by atoms with E-state index in [2.05, 4.69) is 10.3 Å². The lowest BCUT2D eigenvalue weighted by atomic mass is 10.0. The highest BCUT2D eigenvalue weighted by molar-refractivity contribution is 7.99. The van der Waals surface area contributed by atoms with E-state index in [0.29, 0.717) is 16.6 Å². The number of thioether (sulfide) groups is 1. The molecule has 5 nitrogen and oxygen atoms in total. The van der Waals surface area contributed by atoms with Crippen molar-refractivity contribution in [3.63, 3.8) is 0 Å². The van der Waals surface area contributed by atoms with Crippen LogP contribution in [0.3, 0.4) is 0 Å². The van der Waals surface area contributed by atoms with E-state index in [9.17, 15) is 4.79 Å². The van der Waals surface area contributed by atoms with Crippen LogP contribution in [0.25, 0.3) is 22.1 Å². The van der Waals surface area contributed by atoms with E-state index in [1.807, 2.05) is 84.9 Å². The summed E-state index contributed by atoms with van der Waals surface area (Å²) in [6, 6.07) is 26.8. The van der Waals surface area contributed by atoms with Gasteiger partial charge in [0.1, 0.15) is 22.9 Å². The van der Waals surface area contributed by atoms with E-state index >= 15 is 0 Å². The Bertz CT molecular complexity index is 1240. The van der Waals surface area contributed by atoms with Crippen molar-refractivity contribution in [2.45, 2.75) is 11.3 Å². The highest BCUT2D eigenvalue weighted by atomic mass is 32.2. The van der Waals surface area contributed by atoms with Crippen LogP contribution in [0.4, 0.5) is 0 Å². The number of oxazole rings is 1. The molecular weight excluding hydrogens is 396 g/mol. The summed E-state index contributed by atoms with van der Waals surface area (Å²) in [5.41, 5.74) is 3.25. The molecule has 0 saturated carbocycles. The molecule has 1 atom stereocenters. The first-order valence-electron chi connectivity index (χ1n) is 9.57. The van der Waals surface area contributed by atoms with Gasteiger partial charge < -0.3 is 14.2 Å². The van der Waals surface area contributed by atoms with Gasteiger partial charge in [-0.25, -0.2) is 4.98 Å². The number of nitrogens with zero attached hydrogens (tertiary/aromatic N) is 1. The number of hydrogen-bond acceptors (Lipinski definition) is 5. The van der Waals surface area contributed by atoms with Gasteiger partial charge in [-0.2, -0.15) is 0 Å². The van der Waals surface area contributed by atoms with Gasteiger partial charge in [-0.15, -0.1) is 0 Å². The third kappa shape index (κ3) is 3.82. The van der Waals surface area contributed by atoms with Crippen LogP contribution in [-0.4, -0.2) is 16.6 Å². The predicted octanol–water partition coefficient (Wildman–Crippen LogP) is 5.57. The van der Waals surface area contributed by atoms with Crippen LogP contribution in [0.1, 0.15) is 17.4 Å². The molecule has 1 N–H and O–H groups in total. The summed E-state index contributed by atoms with van der Waals surface area (Å²) in [4.78, 5) is 17.2. The Morgan fingerprint density at radius 2 is 1.63 bits per heavy atom. The highest BCUT2D eigenvalue weighted by Crippen LogP contribution is 2.29. The van der Waals surface area contributed by atoms with Gasteiger partial charge in [0.25, 0.3) is 5.22 Å². The summed E-state index contributed by atoms with van der Waals surface area (Å²) < 4.78 is 11.7. The average Bonchev–Trinajstić information content (AvgIpc) is 3.40. The quantitative estimate of drug-likeness (QED) is 0.368. The first-order valence-corrected chi connectivity index (χ1v) is 10.6. The van der Waals surface area contributed by atoms with Gasteiger partial charge >= 0.3 is 0 Å². The molecule has 3 aromatic carbocycles. The van der Waals surface area contributed by atoms with Crippen LogP contribution in [0.5, 0.6) is 0 Å². The van der Waals surface area contributed by atoms with E-state index in [1.165, 1.54) is 11.8 Å². The molecule has 5 rings (SSSR count). The molecule has 2 aromatic heterocycles. The molecule has 2 heterocycles.